The molecule has 0 saturated heterocycles. The van der Waals surface area contributed by atoms with Crippen LogP contribution in [0.5, 0.6) is 0 Å². The molecule has 2 aromatic rings. The van der Waals surface area contributed by atoms with Crippen molar-refractivity contribution in [1.82, 2.24) is 31.9 Å². The molecule has 0 unspecified atom stereocenters. The molecule has 4 atom stereocenters. The molecule has 0 heterocycles. The number of carbonyl (C=O) groups excluding carboxylic acids is 8. The zero-order chi connectivity index (χ0) is 54.3. The van der Waals surface area contributed by atoms with Gasteiger partial charge in [0.2, 0.25) is 11.8 Å². The third kappa shape index (κ3) is 34.6. The van der Waals surface area contributed by atoms with Gasteiger partial charge in [-0.3, -0.25) is 19.2 Å². The number of alkyl carbamates (subject to hydrolysis) is 4. The molecule has 2 rings (SSSR count). The largest absolute Gasteiger partial charge is 2.00 e. The zero-order valence-electron chi connectivity index (χ0n) is 42.1. The Morgan fingerprint density at radius 3 is 1.10 bits per heavy atom. The molecular formula is C48H68CaN6O18. The minimum Gasteiger partial charge on any atom is -0.548 e. The van der Waals surface area contributed by atoms with Gasteiger partial charge >= 0.3 is 74.0 Å². The van der Waals surface area contributed by atoms with Gasteiger partial charge in [-0.2, -0.15) is 0 Å². The van der Waals surface area contributed by atoms with Gasteiger partial charge in [0.05, 0.1) is 24.0 Å². The summed E-state index contributed by atoms with van der Waals surface area (Å²) in [6, 6.07) is 12.3. The average molecular weight is 1060 g/mol. The van der Waals surface area contributed by atoms with Crippen LogP contribution in [0.4, 0.5) is 19.2 Å². The Bertz CT molecular complexity index is 1920. The molecule has 0 aliphatic rings. The van der Waals surface area contributed by atoms with E-state index in [1.807, 2.05) is 0 Å². The van der Waals surface area contributed by atoms with Crippen LogP contribution < -0.4 is 42.1 Å². The van der Waals surface area contributed by atoms with Crippen molar-refractivity contribution in [2.75, 3.05) is 13.1 Å². The first kappa shape index (κ1) is 66.6. The standard InChI is InChI=1S/2C24H35N3O9.Ca/c2*1-24(2,3)36-22(33)25-14-8-7-11-17(20(30)26-18(21(31)32)12-13-19(28)29)27-23(34)35-15-16-9-5-4-6-10-16;/h2*4-6,9-10,17-18H,7-8,11-15H2,1-3H3,(H,25,33)(H,26,30)(H,27,34)(H,28,29)(H,31,32);/q;;+2/p-2/t2*17-,18-;/m00./s1. The van der Waals surface area contributed by atoms with E-state index in [1.165, 1.54) is 0 Å². The van der Waals surface area contributed by atoms with E-state index in [1.54, 1.807) is 102 Å². The Morgan fingerprint density at radius 1 is 0.479 bits per heavy atom. The molecule has 0 spiro atoms. The van der Waals surface area contributed by atoms with Crippen LogP contribution in [0, 0.1) is 0 Å². The van der Waals surface area contributed by atoms with E-state index in [4.69, 9.17) is 29.2 Å². The van der Waals surface area contributed by atoms with Gasteiger partial charge in [-0.1, -0.05) is 60.7 Å². The number of ether oxygens (including phenoxy) is 4. The molecule has 0 saturated carbocycles. The van der Waals surface area contributed by atoms with Crippen LogP contribution in [0.25, 0.3) is 0 Å². The predicted octanol–water partition coefficient (Wildman–Crippen LogP) is 1.77. The Labute approximate surface area is 453 Å². The van der Waals surface area contributed by atoms with E-state index in [9.17, 15) is 58.2 Å². The van der Waals surface area contributed by atoms with Crippen molar-refractivity contribution in [2.24, 2.45) is 0 Å². The van der Waals surface area contributed by atoms with Gasteiger partial charge in [-0.15, -0.1) is 0 Å². The van der Waals surface area contributed by atoms with Crippen molar-refractivity contribution < 1.29 is 87.3 Å². The molecular weight excluding hydrogens is 989 g/mol. The third-order valence-corrected chi connectivity index (χ3v) is 9.31. The van der Waals surface area contributed by atoms with Crippen LogP contribution in [0.15, 0.2) is 60.7 Å². The first-order valence-corrected chi connectivity index (χ1v) is 23.1. The Hall–Kier alpha value is -6.40. The number of benzene rings is 2. The fourth-order valence-electron chi connectivity index (χ4n) is 5.89. The fraction of sp³-hybridized carbons (Fsp3) is 0.542. The molecule has 0 aliphatic carbocycles. The summed E-state index contributed by atoms with van der Waals surface area (Å²) in [5, 5.41) is 54.6. The summed E-state index contributed by atoms with van der Waals surface area (Å²) in [6.45, 7) is 10.8. The molecule has 0 fully saturated rings. The summed E-state index contributed by atoms with van der Waals surface area (Å²) >= 11 is 0. The van der Waals surface area contributed by atoms with E-state index >= 15 is 0 Å². The number of nitrogens with one attached hydrogen (secondary N) is 6. The minimum atomic E-state index is -1.64. The van der Waals surface area contributed by atoms with Gasteiger partial charge < -0.3 is 80.9 Å². The summed E-state index contributed by atoms with van der Waals surface area (Å²) < 4.78 is 20.5. The van der Waals surface area contributed by atoms with Crippen LogP contribution in [-0.2, 0) is 60.9 Å². The molecule has 2 aromatic carbocycles. The number of amides is 6. The predicted molar refractivity (Wildman–Crippen MR) is 257 cm³/mol. The van der Waals surface area contributed by atoms with Crippen molar-refractivity contribution in [1.29, 1.82) is 0 Å². The van der Waals surface area contributed by atoms with Crippen LogP contribution in [0.1, 0.15) is 117 Å². The van der Waals surface area contributed by atoms with Gasteiger partial charge in [-0.05, 0) is 104 Å². The van der Waals surface area contributed by atoms with Crippen LogP contribution in [0.3, 0.4) is 0 Å². The number of carboxylic acids is 4. The van der Waals surface area contributed by atoms with Crippen molar-refractivity contribution in [3.8, 4) is 0 Å². The molecule has 24 nitrogen and oxygen atoms in total. The Kier molecular flexibility index (Phi) is 32.5. The molecule has 0 bridgehead atoms. The quantitative estimate of drug-likeness (QED) is 0.0342. The van der Waals surface area contributed by atoms with Crippen molar-refractivity contribution in [2.45, 2.75) is 154 Å². The van der Waals surface area contributed by atoms with Gasteiger partial charge in [0.15, 0.2) is 0 Å². The van der Waals surface area contributed by atoms with E-state index in [0.717, 1.165) is 11.1 Å². The SMILES string of the molecule is CC(C)(C)OC(=O)NCCCC[C@H](NC(=O)OCc1ccccc1)C(=O)N[C@@H](CCC(=O)O)C(=O)[O-].CC(C)(C)OC(=O)NCCCC[C@H](NC(=O)OCc1ccccc1)C(=O)N[C@@H](CCC(=O)O)C(=O)[O-].[Ca+2]. The monoisotopic (exact) mass is 1060 g/mol. The number of unbranched alkanes of at least 4 members (excludes halogenated alkanes) is 2. The van der Waals surface area contributed by atoms with E-state index in [0.29, 0.717) is 25.7 Å². The van der Waals surface area contributed by atoms with Crippen molar-refractivity contribution >= 4 is 97.8 Å². The normalized spacial score (nSPS) is 12.4. The van der Waals surface area contributed by atoms with Crippen LogP contribution in [0.2, 0.25) is 0 Å². The Morgan fingerprint density at radius 2 is 0.808 bits per heavy atom. The third-order valence-electron chi connectivity index (χ3n) is 9.31. The summed E-state index contributed by atoms with van der Waals surface area (Å²) in [5.41, 5.74) is 0.168. The summed E-state index contributed by atoms with van der Waals surface area (Å²) in [6.07, 6.45) is -2.88. The number of aliphatic carboxylic acids is 4. The van der Waals surface area contributed by atoms with Crippen molar-refractivity contribution in [3.05, 3.63) is 71.8 Å². The second kappa shape index (κ2) is 35.7. The summed E-state index contributed by atoms with van der Waals surface area (Å²) in [7, 11) is 0. The van der Waals surface area contributed by atoms with E-state index in [-0.39, 0.29) is 89.7 Å². The van der Waals surface area contributed by atoms with E-state index < -0.39 is 108 Å². The molecule has 0 aliphatic heterocycles. The number of carboxylic acid groups (broad SMARTS) is 4. The maximum Gasteiger partial charge on any atom is 2.00 e. The number of carbonyl (C=O) groups is 10. The number of hydrogen-bond acceptors (Lipinski definition) is 16. The smallest absolute Gasteiger partial charge is 0.548 e. The second-order valence-corrected chi connectivity index (χ2v) is 18.0. The fourth-order valence-corrected chi connectivity index (χ4v) is 5.89. The van der Waals surface area contributed by atoms with Crippen LogP contribution in [-0.4, -0.2) is 156 Å². The van der Waals surface area contributed by atoms with Gasteiger partial charge in [0.25, 0.3) is 0 Å². The summed E-state index contributed by atoms with van der Waals surface area (Å²) in [5.74, 6) is -7.40. The first-order chi connectivity index (χ1) is 33.7. The summed E-state index contributed by atoms with van der Waals surface area (Å²) in [4.78, 5) is 118. The number of rotatable bonds is 28. The molecule has 0 radical (unpaired) electrons. The zero-order valence-corrected chi connectivity index (χ0v) is 44.3. The minimum absolute atomic E-state index is 0. The molecule has 6 amide bonds. The molecule has 25 heteroatoms. The Balaban J connectivity index is 0.00000140. The first-order valence-electron chi connectivity index (χ1n) is 23.1. The molecule has 400 valence electrons. The maximum atomic E-state index is 12.7. The number of hydrogen-bond donors (Lipinski definition) is 8. The molecule has 73 heavy (non-hydrogen) atoms. The average Bonchev–Trinajstić information content (AvgIpc) is 3.28. The van der Waals surface area contributed by atoms with Gasteiger partial charge in [0.1, 0.15) is 36.5 Å². The van der Waals surface area contributed by atoms with Crippen LogP contribution >= 0.6 is 0 Å². The van der Waals surface area contributed by atoms with Gasteiger partial charge in [0, 0.05) is 25.9 Å². The topological polar surface area (TPSA) is 366 Å². The molecule has 8 N–H and O–H groups in total. The van der Waals surface area contributed by atoms with Crippen molar-refractivity contribution in [3.63, 3.8) is 0 Å². The van der Waals surface area contributed by atoms with Gasteiger partial charge in [-0.25, -0.2) is 19.2 Å². The molecule has 0 aromatic heterocycles. The maximum absolute atomic E-state index is 12.7. The second-order valence-electron chi connectivity index (χ2n) is 18.0. The van der Waals surface area contributed by atoms with E-state index in [2.05, 4.69) is 31.9 Å².